The molecule has 3 fully saturated rings. The maximum Gasteiger partial charge on any atom is 0.116 e. The summed E-state index contributed by atoms with van der Waals surface area (Å²) in [5.74, 6) is 1.43. The van der Waals surface area contributed by atoms with Gasteiger partial charge in [-0.05, 0) is 94.2 Å². The summed E-state index contributed by atoms with van der Waals surface area (Å²) in [4.78, 5) is 7.19. The molecule has 0 saturated carbocycles. The Morgan fingerprint density at radius 2 is 1.74 bits per heavy atom. The second-order valence-corrected chi connectivity index (χ2v) is 10.9. The van der Waals surface area contributed by atoms with Crippen molar-refractivity contribution in [3.63, 3.8) is 0 Å². The molecule has 4 aromatic carbocycles. The lowest BCUT2D eigenvalue weighted by Crippen LogP contribution is -2.55. The van der Waals surface area contributed by atoms with Gasteiger partial charge in [0.05, 0.1) is 18.2 Å². The molecule has 190 valence electrons. The molecule has 38 heavy (non-hydrogen) atoms. The van der Waals surface area contributed by atoms with Crippen LogP contribution in [-0.2, 0) is 11.3 Å². The first-order chi connectivity index (χ1) is 18.7. The highest BCUT2D eigenvalue weighted by Crippen LogP contribution is 2.44. The number of rotatable bonds is 6. The molecule has 5 aromatic rings. The highest BCUT2D eigenvalue weighted by atomic mass is 16.5. The number of aromatic hydroxyl groups is 1. The minimum Gasteiger partial charge on any atom is -0.508 e. The van der Waals surface area contributed by atoms with Crippen LogP contribution in [0.15, 0.2) is 97.7 Å². The van der Waals surface area contributed by atoms with Gasteiger partial charge in [0.2, 0.25) is 0 Å². The second kappa shape index (κ2) is 9.54. The molecule has 0 spiro atoms. The van der Waals surface area contributed by atoms with Gasteiger partial charge in [0.15, 0.2) is 0 Å². The minimum absolute atomic E-state index is 0.145. The topological polar surface area (TPSA) is 45.6 Å². The van der Waals surface area contributed by atoms with E-state index in [1.807, 2.05) is 18.3 Å². The molecule has 0 radical (unpaired) electrons. The van der Waals surface area contributed by atoms with E-state index in [4.69, 9.17) is 4.74 Å². The summed E-state index contributed by atoms with van der Waals surface area (Å²) in [7, 11) is 0. The molecule has 0 amide bonds. The first kappa shape index (κ1) is 23.4. The number of hydrogen-bond acceptors (Lipinski definition) is 4. The van der Waals surface area contributed by atoms with Crippen LogP contribution in [0.4, 0.5) is 0 Å². The average molecular weight is 501 g/mol. The van der Waals surface area contributed by atoms with Crippen LogP contribution in [0, 0.1) is 11.8 Å². The molecule has 2 bridgehead atoms. The van der Waals surface area contributed by atoms with Crippen molar-refractivity contribution in [2.45, 2.75) is 31.6 Å². The van der Waals surface area contributed by atoms with Crippen LogP contribution in [0.2, 0.25) is 0 Å². The third kappa shape index (κ3) is 3.96. The number of phenolic OH excluding ortho intramolecular Hbond substituents is 1. The molecule has 8 rings (SSSR count). The summed E-state index contributed by atoms with van der Waals surface area (Å²) in [5, 5.41) is 16.3. The second-order valence-electron chi connectivity index (χ2n) is 10.9. The fraction of sp³-hybridized carbons (Fsp3) is 0.265. The molecular formula is C34H32N2O2. The number of pyridine rings is 1. The smallest absolute Gasteiger partial charge is 0.116 e. The van der Waals surface area contributed by atoms with Crippen molar-refractivity contribution in [1.82, 2.24) is 9.88 Å². The maximum absolute atomic E-state index is 10.4. The van der Waals surface area contributed by atoms with E-state index in [0.29, 0.717) is 18.4 Å². The Labute approximate surface area is 223 Å². The third-order valence-corrected chi connectivity index (χ3v) is 8.86. The number of aromatic nitrogens is 1. The molecule has 3 aliphatic heterocycles. The van der Waals surface area contributed by atoms with Crippen LogP contribution < -0.4 is 0 Å². The number of phenols is 1. The van der Waals surface area contributed by atoms with Crippen LogP contribution >= 0.6 is 0 Å². The van der Waals surface area contributed by atoms with Gasteiger partial charge in [-0.25, -0.2) is 0 Å². The zero-order chi connectivity index (χ0) is 25.6. The molecule has 1 N–H and O–H groups in total. The van der Waals surface area contributed by atoms with Gasteiger partial charge < -0.3 is 9.84 Å². The van der Waals surface area contributed by atoms with Crippen LogP contribution in [0.25, 0.3) is 32.4 Å². The number of benzene rings is 4. The van der Waals surface area contributed by atoms with E-state index in [2.05, 4.69) is 83.2 Å². The Morgan fingerprint density at radius 3 is 2.45 bits per heavy atom. The first-order valence-electron chi connectivity index (χ1n) is 13.6. The minimum atomic E-state index is -0.145. The summed E-state index contributed by atoms with van der Waals surface area (Å²) in [6.07, 6.45) is 6.17. The summed E-state index contributed by atoms with van der Waals surface area (Å²) in [6.45, 7) is 6.75. The fourth-order valence-electron chi connectivity index (χ4n) is 6.94. The lowest BCUT2D eigenvalue weighted by atomic mass is 9.73. The first-order valence-corrected chi connectivity index (χ1v) is 13.6. The Hall–Kier alpha value is -3.73. The van der Waals surface area contributed by atoms with Gasteiger partial charge in [-0.2, -0.15) is 0 Å². The quantitative estimate of drug-likeness (QED) is 0.195. The molecule has 4 unspecified atom stereocenters. The van der Waals surface area contributed by atoms with Crippen molar-refractivity contribution < 1.29 is 9.84 Å². The van der Waals surface area contributed by atoms with Crippen LogP contribution in [0.1, 0.15) is 30.1 Å². The lowest BCUT2D eigenvalue weighted by Gasteiger charge is -2.51. The molecule has 3 saturated heterocycles. The van der Waals surface area contributed by atoms with E-state index in [1.54, 1.807) is 6.07 Å². The third-order valence-electron chi connectivity index (χ3n) is 8.86. The average Bonchev–Trinajstić information content (AvgIpc) is 2.97. The highest BCUT2D eigenvalue weighted by Gasteiger charge is 2.43. The standard InChI is InChI=1S/C34H32N2O2/c1-2-22-20-36-16-14-23(22)18-33(36)34(29-13-15-35-32-12-11-26(37)19-30(29)32)38-21-31-27-9-5-3-7-24(27)17-25-8-4-6-10-28(25)31/h2-13,15,17,19,22-23,33-34,37H,1,14,16,18,20-21H2/t22?,23?,33?,34-/m1/s1. The van der Waals surface area contributed by atoms with E-state index in [1.165, 1.54) is 33.5 Å². The Kier molecular flexibility index (Phi) is 5.87. The number of fused-ring (bicyclic) bond motifs is 6. The van der Waals surface area contributed by atoms with Gasteiger partial charge in [-0.15, -0.1) is 6.58 Å². The molecule has 1 aromatic heterocycles. The Morgan fingerprint density at radius 1 is 0.974 bits per heavy atom. The number of nitrogens with zero attached hydrogens (tertiary/aromatic N) is 2. The Bertz CT molecular complexity index is 1610. The molecule has 3 aliphatic rings. The number of piperidine rings is 3. The van der Waals surface area contributed by atoms with Crippen molar-refractivity contribution in [2.24, 2.45) is 11.8 Å². The highest BCUT2D eigenvalue weighted by molar-refractivity contribution is 6.02. The molecule has 4 nitrogen and oxygen atoms in total. The van der Waals surface area contributed by atoms with E-state index in [-0.39, 0.29) is 17.9 Å². The monoisotopic (exact) mass is 500 g/mol. The molecule has 0 aliphatic carbocycles. The molecule has 5 atom stereocenters. The summed E-state index contributed by atoms with van der Waals surface area (Å²) >= 11 is 0. The van der Waals surface area contributed by atoms with Crippen LogP contribution in [0.5, 0.6) is 5.75 Å². The van der Waals surface area contributed by atoms with Gasteiger partial charge >= 0.3 is 0 Å². The predicted octanol–water partition coefficient (Wildman–Crippen LogP) is 7.40. The lowest BCUT2D eigenvalue weighted by molar-refractivity contribution is -0.0799. The number of ether oxygens (including phenoxy) is 1. The zero-order valence-electron chi connectivity index (χ0n) is 21.5. The van der Waals surface area contributed by atoms with E-state index < -0.39 is 0 Å². The maximum atomic E-state index is 10.4. The van der Waals surface area contributed by atoms with E-state index in [9.17, 15) is 5.11 Å². The molecular weight excluding hydrogens is 468 g/mol. The summed E-state index contributed by atoms with van der Waals surface area (Å²) in [6, 6.07) is 27.2. The van der Waals surface area contributed by atoms with Crippen molar-refractivity contribution in [3.8, 4) is 5.75 Å². The van der Waals surface area contributed by atoms with Crippen molar-refractivity contribution in [3.05, 3.63) is 109 Å². The van der Waals surface area contributed by atoms with Gasteiger partial charge in [-0.3, -0.25) is 9.88 Å². The van der Waals surface area contributed by atoms with E-state index >= 15 is 0 Å². The predicted molar refractivity (Wildman–Crippen MR) is 154 cm³/mol. The van der Waals surface area contributed by atoms with Gasteiger partial charge in [0, 0.05) is 24.2 Å². The van der Waals surface area contributed by atoms with E-state index in [0.717, 1.165) is 36.0 Å². The summed E-state index contributed by atoms with van der Waals surface area (Å²) < 4.78 is 7.06. The van der Waals surface area contributed by atoms with Gasteiger partial charge in [0.25, 0.3) is 0 Å². The molecule has 4 heterocycles. The molecule has 4 heteroatoms. The van der Waals surface area contributed by atoms with Crippen molar-refractivity contribution in [1.29, 1.82) is 0 Å². The SMILES string of the molecule is C=CC1CN2CCC1CC2[C@H](OCc1c2ccccc2cc2ccccc12)c1ccnc2ccc(O)cc12. The summed E-state index contributed by atoms with van der Waals surface area (Å²) in [5.41, 5.74) is 3.21. The van der Waals surface area contributed by atoms with Crippen LogP contribution in [0.3, 0.4) is 0 Å². The fourth-order valence-corrected chi connectivity index (χ4v) is 6.94. The zero-order valence-corrected chi connectivity index (χ0v) is 21.5. The van der Waals surface area contributed by atoms with Crippen molar-refractivity contribution >= 4 is 32.4 Å². The normalized spacial score (nSPS) is 23.7. The largest absolute Gasteiger partial charge is 0.508 e. The van der Waals surface area contributed by atoms with Gasteiger partial charge in [0.1, 0.15) is 5.75 Å². The number of hydrogen-bond donors (Lipinski definition) is 1. The Balaban J connectivity index is 1.34. The van der Waals surface area contributed by atoms with Crippen molar-refractivity contribution in [2.75, 3.05) is 13.1 Å². The van der Waals surface area contributed by atoms with Gasteiger partial charge in [-0.1, -0.05) is 54.6 Å². The van der Waals surface area contributed by atoms with Crippen LogP contribution in [-0.4, -0.2) is 34.1 Å².